The predicted octanol–water partition coefficient (Wildman–Crippen LogP) is 2.03. The van der Waals surface area contributed by atoms with Crippen molar-refractivity contribution in [3.8, 4) is 0 Å². The molecule has 0 bridgehead atoms. The van der Waals surface area contributed by atoms with Crippen LogP contribution in [0.1, 0.15) is 25.3 Å². The van der Waals surface area contributed by atoms with Crippen molar-refractivity contribution < 1.29 is 19.1 Å². The molecular formula is C14H16O4. The molecule has 1 heterocycles. The van der Waals surface area contributed by atoms with Gasteiger partial charge < -0.3 is 9.47 Å². The van der Waals surface area contributed by atoms with Gasteiger partial charge in [0.05, 0.1) is 13.0 Å². The number of esters is 2. The summed E-state index contributed by atoms with van der Waals surface area (Å²) in [4.78, 5) is 23.2. The molecule has 4 heteroatoms. The molecule has 1 aliphatic rings. The van der Waals surface area contributed by atoms with Gasteiger partial charge in [-0.3, -0.25) is 9.59 Å². The maximum absolute atomic E-state index is 11.8. The zero-order valence-corrected chi connectivity index (χ0v) is 10.5. The average molecular weight is 248 g/mol. The van der Waals surface area contributed by atoms with E-state index in [2.05, 4.69) is 0 Å². The number of ether oxygens (including phenoxy) is 2. The first-order chi connectivity index (χ1) is 8.60. The fourth-order valence-corrected chi connectivity index (χ4v) is 2.44. The Morgan fingerprint density at radius 1 is 1.39 bits per heavy atom. The number of hydrogen-bond donors (Lipinski definition) is 0. The summed E-state index contributed by atoms with van der Waals surface area (Å²) in [7, 11) is 1.34. The standard InChI is InChI=1S/C14H16O4/c1-10(13(16)17-2)14(9-8-12(15)18-14)11-6-4-3-5-7-11/h3-7,10H,8-9H2,1-2H3/t10?,14-/m0/s1. The number of cyclic esters (lactones) is 1. The Kier molecular flexibility index (Phi) is 3.36. The largest absolute Gasteiger partial charge is 0.469 e. The van der Waals surface area contributed by atoms with Crippen LogP contribution in [0.4, 0.5) is 0 Å². The Hall–Kier alpha value is -1.84. The van der Waals surface area contributed by atoms with Crippen molar-refractivity contribution in [1.29, 1.82) is 0 Å². The van der Waals surface area contributed by atoms with E-state index >= 15 is 0 Å². The summed E-state index contributed by atoms with van der Waals surface area (Å²) in [6, 6.07) is 9.37. The van der Waals surface area contributed by atoms with Gasteiger partial charge in [-0.2, -0.15) is 0 Å². The van der Waals surface area contributed by atoms with Crippen LogP contribution >= 0.6 is 0 Å². The fraction of sp³-hybridized carbons (Fsp3) is 0.429. The van der Waals surface area contributed by atoms with Gasteiger partial charge in [0.15, 0.2) is 5.60 Å². The molecule has 0 saturated carbocycles. The Morgan fingerprint density at radius 3 is 2.56 bits per heavy atom. The van der Waals surface area contributed by atoms with Gasteiger partial charge in [-0.1, -0.05) is 30.3 Å². The maximum Gasteiger partial charge on any atom is 0.312 e. The number of methoxy groups -OCH3 is 1. The normalized spacial score (nSPS) is 24.4. The zero-order chi connectivity index (χ0) is 13.2. The van der Waals surface area contributed by atoms with Crippen molar-refractivity contribution in [2.45, 2.75) is 25.4 Å². The van der Waals surface area contributed by atoms with Crippen LogP contribution in [0.3, 0.4) is 0 Å². The van der Waals surface area contributed by atoms with Crippen LogP contribution in [-0.4, -0.2) is 19.0 Å². The van der Waals surface area contributed by atoms with Crippen LogP contribution in [0.25, 0.3) is 0 Å². The van der Waals surface area contributed by atoms with Crippen LogP contribution in [-0.2, 0) is 24.7 Å². The molecule has 0 aliphatic carbocycles. The fourth-order valence-electron chi connectivity index (χ4n) is 2.44. The van der Waals surface area contributed by atoms with Crippen molar-refractivity contribution >= 4 is 11.9 Å². The van der Waals surface area contributed by atoms with Crippen LogP contribution in [0.15, 0.2) is 30.3 Å². The summed E-state index contributed by atoms with van der Waals surface area (Å²) >= 11 is 0. The van der Waals surface area contributed by atoms with Crippen LogP contribution < -0.4 is 0 Å². The van der Waals surface area contributed by atoms with Gasteiger partial charge in [-0.25, -0.2) is 0 Å². The summed E-state index contributed by atoms with van der Waals surface area (Å²) in [6.07, 6.45) is 0.836. The van der Waals surface area contributed by atoms with Crippen molar-refractivity contribution in [2.75, 3.05) is 7.11 Å². The highest BCUT2D eigenvalue weighted by Gasteiger charge is 2.49. The van der Waals surface area contributed by atoms with Gasteiger partial charge in [0.2, 0.25) is 0 Å². The molecule has 1 fully saturated rings. The van der Waals surface area contributed by atoms with Crippen molar-refractivity contribution in [3.63, 3.8) is 0 Å². The molecule has 1 unspecified atom stereocenters. The number of hydrogen-bond acceptors (Lipinski definition) is 4. The summed E-state index contributed by atoms with van der Waals surface area (Å²) in [5.41, 5.74) is -0.0421. The third-order valence-electron chi connectivity index (χ3n) is 3.51. The topological polar surface area (TPSA) is 52.6 Å². The van der Waals surface area contributed by atoms with Gasteiger partial charge in [-0.15, -0.1) is 0 Å². The molecule has 2 atom stereocenters. The minimum atomic E-state index is -0.883. The highest BCUT2D eigenvalue weighted by molar-refractivity contribution is 5.78. The number of carbonyl (C=O) groups is 2. The van der Waals surface area contributed by atoms with Crippen LogP contribution in [0.2, 0.25) is 0 Å². The highest BCUT2D eigenvalue weighted by atomic mass is 16.6. The lowest BCUT2D eigenvalue weighted by atomic mass is 9.80. The maximum atomic E-state index is 11.8. The van der Waals surface area contributed by atoms with E-state index in [9.17, 15) is 9.59 Å². The van der Waals surface area contributed by atoms with Crippen molar-refractivity contribution in [3.05, 3.63) is 35.9 Å². The second kappa shape index (κ2) is 4.80. The third-order valence-corrected chi connectivity index (χ3v) is 3.51. The predicted molar refractivity (Wildman–Crippen MR) is 64.6 cm³/mol. The Balaban J connectivity index is 2.42. The molecule has 0 radical (unpaired) electrons. The Bertz CT molecular complexity index is 454. The molecule has 4 nitrogen and oxygen atoms in total. The smallest absolute Gasteiger partial charge is 0.312 e. The third kappa shape index (κ3) is 1.98. The summed E-state index contributed by atoms with van der Waals surface area (Å²) in [5, 5.41) is 0. The van der Waals surface area contributed by atoms with E-state index < -0.39 is 11.5 Å². The van der Waals surface area contributed by atoms with Gasteiger partial charge in [-0.05, 0) is 12.5 Å². The van der Waals surface area contributed by atoms with E-state index in [1.807, 2.05) is 30.3 Å². The number of benzene rings is 1. The second-order valence-corrected chi connectivity index (χ2v) is 4.47. The zero-order valence-electron chi connectivity index (χ0n) is 10.5. The molecular weight excluding hydrogens is 232 g/mol. The SMILES string of the molecule is COC(=O)C(C)[C@]1(c2ccccc2)CCC(=O)O1. The lowest BCUT2D eigenvalue weighted by Crippen LogP contribution is -2.38. The Morgan fingerprint density at radius 2 is 2.06 bits per heavy atom. The minimum Gasteiger partial charge on any atom is -0.469 e. The van der Waals surface area contributed by atoms with E-state index in [4.69, 9.17) is 9.47 Å². The quantitative estimate of drug-likeness (QED) is 0.768. The average Bonchev–Trinajstić information content (AvgIpc) is 2.81. The highest BCUT2D eigenvalue weighted by Crippen LogP contribution is 2.43. The van der Waals surface area contributed by atoms with Crippen molar-refractivity contribution in [1.82, 2.24) is 0 Å². The lowest BCUT2D eigenvalue weighted by Gasteiger charge is -2.32. The van der Waals surface area contributed by atoms with E-state index in [-0.39, 0.29) is 11.9 Å². The molecule has 0 amide bonds. The summed E-state index contributed by atoms with van der Waals surface area (Å²) in [5.74, 6) is -1.15. The van der Waals surface area contributed by atoms with Crippen LogP contribution in [0.5, 0.6) is 0 Å². The van der Waals surface area contributed by atoms with E-state index in [1.165, 1.54) is 7.11 Å². The monoisotopic (exact) mass is 248 g/mol. The van der Waals surface area contributed by atoms with Gasteiger partial charge in [0, 0.05) is 12.8 Å². The first kappa shape index (κ1) is 12.6. The second-order valence-electron chi connectivity index (χ2n) is 4.47. The molecule has 1 aliphatic heterocycles. The molecule has 1 aromatic carbocycles. The molecule has 1 aromatic rings. The first-order valence-electron chi connectivity index (χ1n) is 5.95. The summed E-state index contributed by atoms with van der Waals surface area (Å²) < 4.78 is 10.3. The molecule has 0 N–H and O–H groups in total. The first-order valence-corrected chi connectivity index (χ1v) is 5.95. The number of carbonyl (C=O) groups excluding carboxylic acids is 2. The summed E-state index contributed by atoms with van der Waals surface area (Å²) in [6.45, 7) is 1.73. The Labute approximate surface area is 106 Å². The molecule has 18 heavy (non-hydrogen) atoms. The van der Waals surface area contributed by atoms with E-state index in [1.54, 1.807) is 6.92 Å². The molecule has 96 valence electrons. The number of rotatable bonds is 3. The van der Waals surface area contributed by atoms with E-state index in [0.717, 1.165) is 5.56 Å². The van der Waals surface area contributed by atoms with Crippen LogP contribution in [0, 0.1) is 5.92 Å². The van der Waals surface area contributed by atoms with Gasteiger partial charge >= 0.3 is 11.9 Å². The van der Waals surface area contributed by atoms with Crippen molar-refractivity contribution in [2.24, 2.45) is 5.92 Å². The minimum absolute atomic E-state index is 0.269. The molecule has 0 spiro atoms. The molecule has 1 saturated heterocycles. The lowest BCUT2D eigenvalue weighted by molar-refractivity contribution is -0.165. The van der Waals surface area contributed by atoms with E-state index in [0.29, 0.717) is 12.8 Å². The molecule has 2 rings (SSSR count). The van der Waals surface area contributed by atoms with Gasteiger partial charge in [0.25, 0.3) is 0 Å². The molecule has 0 aromatic heterocycles. The van der Waals surface area contributed by atoms with Gasteiger partial charge in [0.1, 0.15) is 0 Å².